The van der Waals surface area contributed by atoms with Gasteiger partial charge in [-0.15, -0.1) is 0 Å². The highest BCUT2D eigenvalue weighted by molar-refractivity contribution is 7.86. The van der Waals surface area contributed by atoms with E-state index in [9.17, 15) is 25.9 Å². The Balaban J connectivity index is 0.000000700. The summed E-state index contributed by atoms with van der Waals surface area (Å²) >= 11 is 0. The lowest BCUT2D eigenvalue weighted by Crippen LogP contribution is -2.86. The van der Waals surface area contributed by atoms with Gasteiger partial charge in [0.05, 0.1) is 36.0 Å². The zero-order chi connectivity index (χ0) is 31.3. The Labute approximate surface area is 241 Å². The third kappa shape index (κ3) is 16.1. The third-order valence-electron chi connectivity index (χ3n) is 5.39. The van der Waals surface area contributed by atoms with Gasteiger partial charge >= 0.3 is 0 Å². The monoisotopic (exact) mass is 602 g/mol. The molecule has 0 aliphatic rings. The minimum atomic E-state index is -4.93. The van der Waals surface area contributed by atoms with Crippen molar-refractivity contribution in [3.8, 4) is 11.1 Å². The van der Waals surface area contributed by atoms with Crippen LogP contribution >= 0.6 is 0 Å². The van der Waals surface area contributed by atoms with Gasteiger partial charge in [0.25, 0.3) is 0 Å². The van der Waals surface area contributed by atoms with Crippen molar-refractivity contribution in [2.45, 2.75) is 65.2 Å². The summed E-state index contributed by atoms with van der Waals surface area (Å²) in [4.78, 5) is -1.44. The molecule has 0 aliphatic carbocycles. The normalized spacial score (nSPS) is 11.8. The Kier molecular flexibility index (Phi) is 16.6. The van der Waals surface area contributed by atoms with Crippen molar-refractivity contribution < 1.29 is 36.6 Å². The molecule has 0 unspecified atom stereocenters. The van der Waals surface area contributed by atoms with Gasteiger partial charge in [-0.05, 0) is 24.3 Å². The van der Waals surface area contributed by atoms with Crippen LogP contribution in [0.1, 0.15) is 55.4 Å². The molecule has 40 heavy (non-hydrogen) atoms. The predicted molar refractivity (Wildman–Crippen MR) is 159 cm³/mol. The van der Waals surface area contributed by atoms with Crippen LogP contribution in [0.15, 0.2) is 46.2 Å². The molecule has 230 valence electrons. The van der Waals surface area contributed by atoms with Crippen molar-refractivity contribution in [1.82, 2.24) is 0 Å². The molecule has 0 saturated heterocycles. The van der Waals surface area contributed by atoms with E-state index in [2.05, 4.69) is 66.0 Å². The maximum Gasteiger partial charge on any atom is 0.125 e. The number of nitrogens with two attached hydrogens (primary N) is 4. The SMILES string of the molecule is CC(C)C[NH2+]CC(C)C.CC(C)C[NH2+]CC(C)C.Nc1ccc(-c2ccc(N)cc2S(=O)(=O)[O-])c(S(=O)(=O)[O-])c1. The second kappa shape index (κ2) is 17.6. The fraction of sp³-hybridized carbons (Fsp3) is 0.571. The minimum absolute atomic E-state index is 0.000139. The van der Waals surface area contributed by atoms with Crippen molar-refractivity contribution in [3.63, 3.8) is 0 Å². The summed E-state index contributed by atoms with van der Waals surface area (Å²) < 4.78 is 68.1. The van der Waals surface area contributed by atoms with E-state index in [4.69, 9.17) is 11.5 Å². The van der Waals surface area contributed by atoms with Crippen molar-refractivity contribution in [2.75, 3.05) is 37.6 Å². The zero-order valence-electron chi connectivity index (χ0n) is 25.2. The Bertz CT molecular complexity index is 1130. The summed E-state index contributed by atoms with van der Waals surface area (Å²) in [6.45, 7) is 23.2. The average Bonchev–Trinajstić information content (AvgIpc) is 2.78. The van der Waals surface area contributed by atoms with Crippen molar-refractivity contribution in [1.29, 1.82) is 0 Å². The maximum absolute atomic E-state index is 11.3. The highest BCUT2D eigenvalue weighted by Gasteiger charge is 2.17. The van der Waals surface area contributed by atoms with Gasteiger partial charge in [-0.1, -0.05) is 67.5 Å². The molecule has 0 fully saturated rings. The van der Waals surface area contributed by atoms with Crippen LogP contribution in [0.25, 0.3) is 11.1 Å². The Morgan fingerprint density at radius 1 is 0.575 bits per heavy atom. The molecule has 0 bridgehead atoms. The molecule has 0 radical (unpaired) electrons. The van der Waals surface area contributed by atoms with Gasteiger partial charge in [-0.3, -0.25) is 0 Å². The molecule has 8 N–H and O–H groups in total. The molecule has 0 amide bonds. The zero-order valence-corrected chi connectivity index (χ0v) is 26.8. The number of rotatable bonds is 11. The van der Waals surface area contributed by atoms with E-state index in [1.807, 2.05) is 0 Å². The van der Waals surface area contributed by atoms with E-state index in [1.165, 1.54) is 38.3 Å². The molecule has 12 heteroatoms. The van der Waals surface area contributed by atoms with Crippen molar-refractivity contribution in [3.05, 3.63) is 36.4 Å². The Morgan fingerprint density at radius 3 is 1.02 bits per heavy atom. The quantitative estimate of drug-likeness (QED) is 0.221. The first-order chi connectivity index (χ1) is 18.2. The molecule has 2 aromatic rings. The molecular weight excluding hydrogens is 552 g/mol. The second-order valence-corrected chi connectivity index (χ2v) is 14.2. The first-order valence-corrected chi connectivity index (χ1v) is 16.4. The third-order valence-corrected chi connectivity index (χ3v) is 7.15. The lowest BCUT2D eigenvalue weighted by molar-refractivity contribution is -0.664. The van der Waals surface area contributed by atoms with E-state index in [-0.39, 0.29) is 22.5 Å². The van der Waals surface area contributed by atoms with Gasteiger partial charge in [0, 0.05) is 46.2 Å². The van der Waals surface area contributed by atoms with E-state index in [1.54, 1.807) is 0 Å². The fourth-order valence-electron chi connectivity index (χ4n) is 3.46. The molecule has 0 aromatic heterocycles. The van der Waals surface area contributed by atoms with Crippen molar-refractivity contribution >= 4 is 31.6 Å². The predicted octanol–water partition coefficient (Wildman–Crippen LogP) is 2.05. The number of hydrogen-bond acceptors (Lipinski definition) is 8. The van der Waals surface area contributed by atoms with Gasteiger partial charge in [0.15, 0.2) is 0 Å². The van der Waals surface area contributed by atoms with E-state index >= 15 is 0 Å². The highest BCUT2D eigenvalue weighted by Crippen LogP contribution is 2.34. The molecule has 2 aromatic carbocycles. The molecule has 0 heterocycles. The van der Waals surface area contributed by atoms with Crippen LogP contribution in [0.3, 0.4) is 0 Å². The number of anilines is 2. The van der Waals surface area contributed by atoms with Crippen LogP contribution in [-0.2, 0) is 20.2 Å². The molecule has 0 atom stereocenters. The van der Waals surface area contributed by atoms with Crippen LogP contribution in [0.5, 0.6) is 0 Å². The summed E-state index contributed by atoms with van der Waals surface area (Å²) in [6.07, 6.45) is 0. The van der Waals surface area contributed by atoms with Crippen LogP contribution in [0, 0.1) is 23.7 Å². The van der Waals surface area contributed by atoms with Crippen LogP contribution < -0.4 is 22.1 Å². The van der Waals surface area contributed by atoms with Crippen molar-refractivity contribution in [2.24, 2.45) is 23.7 Å². The van der Waals surface area contributed by atoms with Crippen LogP contribution in [0.2, 0.25) is 0 Å². The highest BCUT2D eigenvalue weighted by atomic mass is 32.2. The van der Waals surface area contributed by atoms with Gasteiger partial charge < -0.3 is 31.2 Å². The lowest BCUT2D eigenvalue weighted by atomic mass is 10.0. The molecular formula is C28H50N4O6S2. The first kappa shape index (κ1) is 37.8. The standard InChI is InChI=1S/C12H12N2O6S2.2C8H19N/c13-7-1-3-9(11(5-7)21(15,16)17)10-4-2-8(14)6-12(10)22(18,19)20;2*1-7(2)5-9-6-8(3)4/h1-6H,13-14H2,(H,15,16,17)(H,18,19,20);2*7-9H,5-6H2,1-4H3. The van der Waals surface area contributed by atoms with Gasteiger partial charge in [-0.2, -0.15) is 0 Å². The van der Waals surface area contributed by atoms with Gasteiger partial charge in [0.2, 0.25) is 0 Å². The number of hydrogen-bond donors (Lipinski definition) is 4. The number of quaternary nitrogens is 2. The topological polar surface area (TPSA) is 200 Å². The minimum Gasteiger partial charge on any atom is -0.744 e. The Hall–Kier alpha value is -2.22. The van der Waals surface area contributed by atoms with E-state index < -0.39 is 30.0 Å². The molecule has 2 rings (SSSR count). The lowest BCUT2D eigenvalue weighted by Gasteiger charge is -2.18. The molecule has 0 spiro atoms. The smallest absolute Gasteiger partial charge is 0.125 e. The summed E-state index contributed by atoms with van der Waals surface area (Å²) in [5.41, 5.74) is 10.4. The summed E-state index contributed by atoms with van der Waals surface area (Å²) in [7, 11) is -9.87. The maximum atomic E-state index is 11.3. The van der Waals surface area contributed by atoms with Gasteiger partial charge in [-0.25, -0.2) is 16.8 Å². The number of nitrogen functional groups attached to an aromatic ring is 2. The average molecular weight is 603 g/mol. The molecule has 0 saturated carbocycles. The van der Waals surface area contributed by atoms with E-state index in [0.29, 0.717) is 0 Å². The Morgan fingerprint density at radius 2 is 0.825 bits per heavy atom. The second-order valence-electron chi connectivity index (χ2n) is 11.5. The van der Waals surface area contributed by atoms with Gasteiger partial charge in [0.1, 0.15) is 20.2 Å². The largest absolute Gasteiger partial charge is 0.744 e. The first-order valence-electron chi connectivity index (χ1n) is 13.6. The summed E-state index contributed by atoms with van der Waals surface area (Å²) in [5.74, 6) is 3.35. The number of benzene rings is 2. The molecule has 0 aliphatic heterocycles. The summed E-state index contributed by atoms with van der Waals surface area (Å²) in [6, 6.07) is 6.66. The van der Waals surface area contributed by atoms with E-state index in [0.717, 1.165) is 47.9 Å². The van der Waals surface area contributed by atoms with Crippen LogP contribution in [-0.4, -0.2) is 52.1 Å². The van der Waals surface area contributed by atoms with Crippen LogP contribution in [0.4, 0.5) is 11.4 Å². The molecule has 10 nitrogen and oxygen atoms in total. The fourth-order valence-corrected chi connectivity index (χ4v) is 4.92. The summed E-state index contributed by atoms with van der Waals surface area (Å²) in [5, 5.41) is 4.80.